The molecule has 2 aromatic carbocycles. The molecule has 13 nitrogen and oxygen atoms in total. The lowest BCUT2D eigenvalue weighted by Gasteiger charge is -2.26. The first-order chi connectivity index (χ1) is 18.5. The van der Waals surface area contributed by atoms with Crippen LogP contribution in [0.5, 0.6) is 17.2 Å². The summed E-state index contributed by atoms with van der Waals surface area (Å²) in [6.07, 6.45) is 0. The molecule has 1 atom stereocenters. The first-order valence-corrected chi connectivity index (χ1v) is 13.4. The molecule has 2 fully saturated rings. The van der Waals surface area contributed by atoms with E-state index in [0.29, 0.717) is 17.1 Å². The summed E-state index contributed by atoms with van der Waals surface area (Å²) < 4.78 is 48.5. The van der Waals surface area contributed by atoms with Crippen molar-refractivity contribution in [3.05, 3.63) is 42.0 Å². The van der Waals surface area contributed by atoms with E-state index in [1.54, 1.807) is 18.2 Å². The van der Waals surface area contributed by atoms with Gasteiger partial charge in [0.05, 0.1) is 45.1 Å². The number of ether oxygens (including phenoxy) is 4. The molecule has 2 aromatic rings. The number of urea groups is 1. The van der Waals surface area contributed by atoms with Crippen LogP contribution in [0.3, 0.4) is 0 Å². The molecule has 0 radical (unpaired) electrons. The SMILES string of the molecule is COc1ccc(S(=O)(=O)N2CCOCC2)cc1NC(=O)CN1C(=O)N[C@@](C)(c2ccc(OC)c(OC)c2)C1=O. The molecule has 39 heavy (non-hydrogen) atoms. The van der Waals surface area contributed by atoms with Crippen molar-refractivity contribution >= 4 is 33.6 Å². The van der Waals surface area contributed by atoms with Crippen molar-refractivity contribution in [1.82, 2.24) is 14.5 Å². The van der Waals surface area contributed by atoms with E-state index in [0.717, 1.165) is 4.90 Å². The summed E-state index contributed by atoms with van der Waals surface area (Å²) in [7, 11) is 0.451. The topological polar surface area (TPSA) is 153 Å². The van der Waals surface area contributed by atoms with Crippen LogP contribution in [0.25, 0.3) is 0 Å². The van der Waals surface area contributed by atoms with Gasteiger partial charge in [-0.05, 0) is 42.8 Å². The number of imide groups is 1. The van der Waals surface area contributed by atoms with Gasteiger partial charge in [-0.25, -0.2) is 13.2 Å². The molecular weight excluding hydrogens is 532 g/mol. The molecule has 2 saturated heterocycles. The fourth-order valence-corrected chi connectivity index (χ4v) is 5.83. The second kappa shape index (κ2) is 11.1. The number of anilines is 1. The predicted octanol–water partition coefficient (Wildman–Crippen LogP) is 1.14. The van der Waals surface area contributed by atoms with Crippen molar-refractivity contribution in [3.8, 4) is 17.2 Å². The van der Waals surface area contributed by atoms with E-state index in [-0.39, 0.29) is 42.6 Å². The quantitative estimate of drug-likeness (QED) is 0.429. The van der Waals surface area contributed by atoms with Crippen molar-refractivity contribution in [3.63, 3.8) is 0 Å². The fourth-order valence-electron chi connectivity index (χ4n) is 4.40. The number of carbonyl (C=O) groups excluding carboxylic acids is 3. The highest BCUT2D eigenvalue weighted by atomic mass is 32.2. The van der Waals surface area contributed by atoms with Gasteiger partial charge in [-0.1, -0.05) is 6.07 Å². The molecule has 2 aliphatic rings. The summed E-state index contributed by atoms with van der Waals surface area (Å²) in [5.74, 6) is -0.352. The monoisotopic (exact) mass is 562 g/mol. The molecule has 0 spiro atoms. The van der Waals surface area contributed by atoms with Crippen LogP contribution in [0.4, 0.5) is 10.5 Å². The molecule has 4 rings (SSSR count). The van der Waals surface area contributed by atoms with Gasteiger partial charge in [-0.2, -0.15) is 4.31 Å². The van der Waals surface area contributed by atoms with E-state index < -0.39 is 40.0 Å². The van der Waals surface area contributed by atoms with Crippen LogP contribution in [0.2, 0.25) is 0 Å². The Morgan fingerprint density at radius 2 is 1.64 bits per heavy atom. The molecule has 14 heteroatoms. The number of nitrogens with zero attached hydrogens (tertiary/aromatic N) is 2. The number of sulfonamides is 1. The van der Waals surface area contributed by atoms with Crippen LogP contribution >= 0.6 is 0 Å². The van der Waals surface area contributed by atoms with Gasteiger partial charge < -0.3 is 29.6 Å². The molecule has 0 saturated carbocycles. The number of hydrogen-bond donors (Lipinski definition) is 2. The summed E-state index contributed by atoms with van der Waals surface area (Å²) in [4.78, 5) is 39.8. The van der Waals surface area contributed by atoms with E-state index in [1.807, 2.05) is 0 Å². The van der Waals surface area contributed by atoms with E-state index in [1.165, 1.54) is 50.8 Å². The zero-order valence-corrected chi connectivity index (χ0v) is 22.8. The minimum atomic E-state index is -3.84. The zero-order chi connectivity index (χ0) is 28.4. The summed E-state index contributed by atoms with van der Waals surface area (Å²) in [6, 6.07) is 8.12. The fraction of sp³-hybridized carbons (Fsp3) is 0.400. The lowest BCUT2D eigenvalue weighted by molar-refractivity contribution is -0.133. The highest BCUT2D eigenvalue weighted by molar-refractivity contribution is 7.89. The number of carbonyl (C=O) groups is 3. The van der Waals surface area contributed by atoms with Crippen molar-refractivity contribution in [2.45, 2.75) is 17.4 Å². The Balaban J connectivity index is 1.53. The van der Waals surface area contributed by atoms with Crippen LogP contribution in [-0.2, 0) is 29.9 Å². The van der Waals surface area contributed by atoms with Gasteiger partial charge in [0.1, 0.15) is 17.8 Å². The lowest BCUT2D eigenvalue weighted by Crippen LogP contribution is -2.42. The van der Waals surface area contributed by atoms with Crippen molar-refractivity contribution in [2.75, 3.05) is 59.5 Å². The smallest absolute Gasteiger partial charge is 0.325 e. The van der Waals surface area contributed by atoms with Crippen LogP contribution in [-0.4, -0.2) is 89.6 Å². The van der Waals surface area contributed by atoms with Crippen LogP contribution in [0, 0.1) is 0 Å². The molecule has 0 bridgehead atoms. The predicted molar refractivity (Wildman–Crippen MR) is 138 cm³/mol. The summed E-state index contributed by atoms with van der Waals surface area (Å²) >= 11 is 0. The molecule has 210 valence electrons. The van der Waals surface area contributed by atoms with Gasteiger partial charge in [-0.15, -0.1) is 0 Å². The van der Waals surface area contributed by atoms with Gasteiger partial charge in [0.2, 0.25) is 15.9 Å². The Bertz CT molecular complexity index is 1390. The highest BCUT2D eigenvalue weighted by Gasteiger charge is 2.49. The maximum Gasteiger partial charge on any atom is 0.325 e. The van der Waals surface area contributed by atoms with Crippen LogP contribution in [0.1, 0.15) is 12.5 Å². The Labute approximate surface area is 226 Å². The first-order valence-electron chi connectivity index (χ1n) is 12.0. The third-order valence-electron chi connectivity index (χ3n) is 6.59. The third-order valence-corrected chi connectivity index (χ3v) is 8.49. The molecular formula is C25H30N4O9S. The molecule has 2 N–H and O–H groups in total. The Morgan fingerprint density at radius 1 is 1.00 bits per heavy atom. The largest absolute Gasteiger partial charge is 0.495 e. The number of hydrogen-bond acceptors (Lipinski definition) is 9. The number of methoxy groups -OCH3 is 3. The summed E-state index contributed by atoms with van der Waals surface area (Å²) in [6.45, 7) is 1.90. The van der Waals surface area contributed by atoms with Gasteiger partial charge in [0, 0.05) is 13.1 Å². The second-order valence-electron chi connectivity index (χ2n) is 8.94. The van der Waals surface area contributed by atoms with E-state index in [9.17, 15) is 22.8 Å². The van der Waals surface area contributed by atoms with Gasteiger partial charge in [0.25, 0.3) is 5.91 Å². The zero-order valence-electron chi connectivity index (χ0n) is 22.0. The minimum Gasteiger partial charge on any atom is -0.495 e. The Kier molecular flexibility index (Phi) is 7.99. The van der Waals surface area contributed by atoms with Gasteiger partial charge in [0.15, 0.2) is 11.5 Å². The Morgan fingerprint density at radius 3 is 2.28 bits per heavy atom. The normalized spacial score (nSPS) is 19.9. The van der Waals surface area contributed by atoms with Crippen LogP contribution in [0.15, 0.2) is 41.3 Å². The summed E-state index contributed by atoms with van der Waals surface area (Å²) in [5, 5.41) is 5.20. The second-order valence-corrected chi connectivity index (χ2v) is 10.9. The minimum absolute atomic E-state index is 0.0449. The number of morpholine rings is 1. The standard InChI is InChI=1S/C25H30N4O9S/c1-25(16-5-7-20(36-3)21(13-16)37-4)23(31)29(24(32)27-25)15-22(30)26-18-14-17(6-8-19(18)35-2)39(33,34)28-9-11-38-12-10-28/h5-8,13-14H,9-12,15H2,1-4H3,(H,26,30)(H,27,32)/t25-/m0/s1. The molecule has 0 aromatic heterocycles. The number of amides is 4. The highest BCUT2D eigenvalue weighted by Crippen LogP contribution is 2.35. The number of benzene rings is 2. The van der Waals surface area contributed by atoms with E-state index in [2.05, 4.69) is 10.6 Å². The molecule has 2 heterocycles. The van der Waals surface area contributed by atoms with Crippen LogP contribution < -0.4 is 24.8 Å². The number of rotatable bonds is 9. The van der Waals surface area contributed by atoms with Gasteiger partial charge >= 0.3 is 6.03 Å². The van der Waals surface area contributed by atoms with Crippen molar-refractivity contribution in [2.24, 2.45) is 0 Å². The van der Waals surface area contributed by atoms with E-state index in [4.69, 9.17) is 18.9 Å². The first kappa shape index (κ1) is 28.1. The molecule has 2 aliphatic heterocycles. The van der Waals surface area contributed by atoms with Gasteiger partial charge in [-0.3, -0.25) is 14.5 Å². The molecule has 0 unspecified atom stereocenters. The average molecular weight is 563 g/mol. The van der Waals surface area contributed by atoms with Crippen molar-refractivity contribution < 1.29 is 41.7 Å². The third kappa shape index (κ3) is 5.35. The molecule has 0 aliphatic carbocycles. The van der Waals surface area contributed by atoms with Crippen molar-refractivity contribution in [1.29, 1.82) is 0 Å². The average Bonchev–Trinajstić information content (AvgIpc) is 3.16. The summed E-state index contributed by atoms with van der Waals surface area (Å²) in [5.41, 5.74) is -0.948. The maximum atomic E-state index is 13.3. The number of nitrogens with one attached hydrogen (secondary N) is 2. The van der Waals surface area contributed by atoms with E-state index >= 15 is 0 Å². The Hall–Kier alpha value is -3.88. The lowest BCUT2D eigenvalue weighted by atomic mass is 9.91. The maximum absolute atomic E-state index is 13.3. The molecule has 4 amide bonds.